The van der Waals surface area contributed by atoms with Crippen LogP contribution in [0.3, 0.4) is 0 Å². The van der Waals surface area contributed by atoms with Gasteiger partial charge in [-0.1, -0.05) is 0 Å². The van der Waals surface area contributed by atoms with Crippen LogP contribution in [-0.4, -0.2) is 57.1 Å². The molecule has 4 heterocycles. The van der Waals surface area contributed by atoms with E-state index in [0.29, 0.717) is 30.0 Å². The van der Waals surface area contributed by atoms with E-state index in [1.807, 2.05) is 0 Å². The third kappa shape index (κ3) is 3.83. The summed E-state index contributed by atoms with van der Waals surface area (Å²) >= 11 is 0. The Balaban J connectivity index is 1.49. The van der Waals surface area contributed by atoms with E-state index in [2.05, 4.69) is 20.6 Å². The maximum atomic E-state index is 13.6. The van der Waals surface area contributed by atoms with Crippen molar-refractivity contribution in [2.24, 2.45) is 0 Å². The molecule has 0 amide bonds. The van der Waals surface area contributed by atoms with Gasteiger partial charge in [-0.15, -0.1) is 0 Å². The molecule has 10 nitrogen and oxygen atoms in total. The van der Waals surface area contributed by atoms with Crippen LogP contribution < -0.4 is 9.62 Å². The SMILES string of the molecule is O=S1(=O)CCCN1c1cnn2c1CN(C(O)Nc1cc(F)c(F)c(F)c1)[C@@H](c1ccn[nH]1)C2. The zero-order valence-electron chi connectivity index (χ0n) is 17.1. The van der Waals surface area contributed by atoms with Crippen molar-refractivity contribution in [3.63, 3.8) is 0 Å². The van der Waals surface area contributed by atoms with Gasteiger partial charge < -0.3 is 10.4 Å². The van der Waals surface area contributed by atoms with Gasteiger partial charge >= 0.3 is 0 Å². The number of benzene rings is 1. The van der Waals surface area contributed by atoms with Gasteiger partial charge in [-0.3, -0.25) is 14.1 Å². The van der Waals surface area contributed by atoms with Gasteiger partial charge in [0.25, 0.3) is 0 Å². The van der Waals surface area contributed by atoms with Crippen LogP contribution in [0.15, 0.2) is 30.6 Å². The van der Waals surface area contributed by atoms with Crippen LogP contribution in [0.25, 0.3) is 0 Å². The van der Waals surface area contributed by atoms with Crippen molar-refractivity contribution in [1.82, 2.24) is 24.9 Å². The quantitative estimate of drug-likeness (QED) is 0.372. The largest absolute Gasteiger partial charge is 0.361 e. The Morgan fingerprint density at radius 2 is 2.00 bits per heavy atom. The number of aromatic nitrogens is 4. The molecule has 5 rings (SSSR count). The number of anilines is 2. The molecule has 1 saturated heterocycles. The van der Waals surface area contributed by atoms with Crippen LogP contribution in [0, 0.1) is 17.5 Å². The highest BCUT2D eigenvalue weighted by atomic mass is 32.2. The van der Waals surface area contributed by atoms with Crippen molar-refractivity contribution in [2.45, 2.75) is 31.9 Å². The zero-order valence-corrected chi connectivity index (χ0v) is 17.9. The number of aliphatic hydroxyl groups is 1. The van der Waals surface area contributed by atoms with E-state index in [-0.39, 0.29) is 24.5 Å². The van der Waals surface area contributed by atoms with Gasteiger partial charge in [0.1, 0.15) is 0 Å². The summed E-state index contributed by atoms with van der Waals surface area (Å²) in [4.78, 5) is 1.57. The van der Waals surface area contributed by atoms with E-state index in [1.54, 1.807) is 21.8 Å². The minimum absolute atomic E-state index is 0.0456. The number of rotatable bonds is 5. The molecule has 0 radical (unpaired) electrons. The van der Waals surface area contributed by atoms with Crippen LogP contribution >= 0.6 is 0 Å². The Kier molecular flexibility index (Phi) is 5.29. The second-order valence-electron chi connectivity index (χ2n) is 7.87. The normalized spacial score (nSPS) is 21.2. The van der Waals surface area contributed by atoms with Crippen LogP contribution in [0.2, 0.25) is 0 Å². The summed E-state index contributed by atoms with van der Waals surface area (Å²) in [5.41, 5.74) is 1.47. The molecule has 3 N–H and O–H groups in total. The van der Waals surface area contributed by atoms with Gasteiger partial charge in [-0.2, -0.15) is 10.2 Å². The van der Waals surface area contributed by atoms with E-state index in [0.717, 1.165) is 12.1 Å². The predicted molar refractivity (Wildman–Crippen MR) is 111 cm³/mol. The Bertz CT molecular complexity index is 1260. The average Bonchev–Trinajstić information content (AvgIpc) is 3.50. The fourth-order valence-corrected chi connectivity index (χ4v) is 5.82. The molecule has 3 aromatic rings. The summed E-state index contributed by atoms with van der Waals surface area (Å²) in [7, 11) is -3.45. The molecule has 1 aromatic carbocycles. The van der Waals surface area contributed by atoms with E-state index in [9.17, 15) is 26.7 Å². The molecule has 14 heteroatoms. The maximum absolute atomic E-state index is 13.6. The lowest BCUT2D eigenvalue weighted by Gasteiger charge is -2.39. The second-order valence-corrected chi connectivity index (χ2v) is 9.89. The van der Waals surface area contributed by atoms with Crippen molar-refractivity contribution in [3.8, 4) is 0 Å². The smallest absolute Gasteiger partial charge is 0.235 e. The first-order valence-electron chi connectivity index (χ1n) is 10.1. The van der Waals surface area contributed by atoms with Crippen molar-refractivity contribution in [2.75, 3.05) is 21.9 Å². The average molecular weight is 483 g/mol. The zero-order chi connectivity index (χ0) is 23.3. The van der Waals surface area contributed by atoms with Gasteiger partial charge in [0.05, 0.1) is 41.6 Å². The topological polar surface area (TPSA) is 119 Å². The minimum Gasteiger partial charge on any atom is -0.361 e. The van der Waals surface area contributed by atoms with Crippen molar-refractivity contribution in [3.05, 3.63) is 59.4 Å². The molecule has 33 heavy (non-hydrogen) atoms. The number of sulfonamides is 1. The van der Waals surface area contributed by atoms with Gasteiger partial charge in [0.2, 0.25) is 10.0 Å². The van der Waals surface area contributed by atoms with Crippen molar-refractivity contribution >= 4 is 21.4 Å². The first kappa shape index (κ1) is 21.7. The molecule has 176 valence electrons. The molecule has 2 atom stereocenters. The molecular weight excluding hydrogens is 463 g/mol. The minimum atomic E-state index is -3.45. The number of aromatic amines is 1. The molecular formula is C19H20F3N7O3S. The summed E-state index contributed by atoms with van der Waals surface area (Å²) < 4.78 is 68.5. The second kappa shape index (κ2) is 8.04. The van der Waals surface area contributed by atoms with E-state index < -0.39 is 39.9 Å². The summed E-state index contributed by atoms with van der Waals surface area (Å²) in [6.45, 7) is 0.640. The van der Waals surface area contributed by atoms with E-state index in [1.165, 1.54) is 10.5 Å². The molecule has 1 unspecified atom stereocenters. The predicted octanol–water partition coefficient (Wildman–Crippen LogP) is 1.51. The van der Waals surface area contributed by atoms with Gasteiger partial charge in [-0.25, -0.2) is 26.5 Å². The Labute approximate surface area is 186 Å². The van der Waals surface area contributed by atoms with Gasteiger partial charge in [-0.05, 0) is 12.5 Å². The van der Waals surface area contributed by atoms with Crippen LogP contribution in [-0.2, 0) is 23.1 Å². The number of nitrogens with one attached hydrogen (secondary N) is 2. The fourth-order valence-electron chi connectivity index (χ4n) is 4.25. The standard InChI is InChI=1S/C19H20F3N7O3S/c20-12-6-11(7-13(21)18(12)22)25-19(30)27-9-17-15(29-4-1-5-33(29,31)32)8-24-28(17)10-16(27)14-2-3-23-26-14/h2-3,6-8,16,19,25,30H,1,4-5,9-10H2,(H,23,26)/t16-,19?/m1/s1. The lowest BCUT2D eigenvalue weighted by molar-refractivity contribution is -0.0324. The molecule has 0 saturated carbocycles. The Hall–Kier alpha value is -3.10. The number of H-pyrrole nitrogens is 1. The van der Waals surface area contributed by atoms with Crippen molar-refractivity contribution < 1.29 is 26.7 Å². The van der Waals surface area contributed by atoms with Gasteiger partial charge in [0.15, 0.2) is 23.8 Å². The fraction of sp³-hybridized carbons (Fsp3) is 0.368. The monoisotopic (exact) mass is 483 g/mol. The molecule has 0 spiro atoms. The molecule has 0 bridgehead atoms. The summed E-state index contributed by atoms with van der Waals surface area (Å²) in [5.74, 6) is -4.35. The third-order valence-electron chi connectivity index (χ3n) is 5.85. The van der Waals surface area contributed by atoms with Gasteiger partial charge in [0, 0.05) is 37.1 Å². The molecule has 2 aliphatic rings. The number of halogens is 3. The maximum Gasteiger partial charge on any atom is 0.235 e. The Morgan fingerprint density at radius 1 is 1.24 bits per heavy atom. The summed E-state index contributed by atoms with van der Waals surface area (Å²) in [5, 5.41) is 24.7. The van der Waals surface area contributed by atoms with Crippen molar-refractivity contribution in [1.29, 1.82) is 0 Å². The Morgan fingerprint density at radius 3 is 2.64 bits per heavy atom. The lowest BCUT2D eigenvalue weighted by atomic mass is 10.1. The van der Waals surface area contributed by atoms with Crippen LogP contribution in [0.5, 0.6) is 0 Å². The first-order valence-corrected chi connectivity index (χ1v) is 11.7. The molecule has 0 aliphatic carbocycles. The van der Waals surface area contributed by atoms with E-state index >= 15 is 0 Å². The number of aliphatic hydroxyl groups excluding tert-OH is 1. The molecule has 2 aromatic heterocycles. The molecule has 1 fully saturated rings. The summed E-state index contributed by atoms with van der Waals surface area (Å²) in [6, 6.07) is 2.70. The highest BCUT2D eigenvalue weighted by molar-refractivity contribution is 7.93. The number of fused-ring (bicyclic) bond motifs is 1. The summed E-state index contributed by atoms with van der Waals surface area (Å²) in [6.07, 6.45) is 2.06. The third-order valence-corrected chi connectivity index (χ3v) is 7.70. The lowest BCUT2D eigenvalue weighted by Crippen LogP contribution is -2.47. The van der Waals surface area contributed by atoms with E-state index in [4.69, 9.17) is 0 Å². The number of hydrogen-bond donors (Lipinski definition) is 3. The van der Waals surface area contributed by atoms with Crippen LogP contribution in [0.4, 0.5) is 24.5 Å². The number of hydrogen-bond acceptors (Lipinski definition) is 7. The number of nitrogens with zero attached hydrogens (tertiary/aromatic N) is 5. The molecule has 2 aliphatic heterocycles. The highest BCUT2D eigenvalue weighted by Crippen LogP contribution is 2.36. The van der Waals surface area contributed by atoms with Crippen LogP contribution in [0.1, 0.15) is 23.9 Å². The highest BCUT2D eigenvalue weighted by Gasteiger charge is 2.38. The first-order chi connectivity index (χ1) is 15.7.